The summed E-state index contributed by atoms with van der Waals surface area (Å²) in [5, 5.41) is 4.48. The third kappa shape index (κ3) is 2.79. The molecule has 0 bridgehead atoms. The van der Waals surface area contributed by atoms with Crippen LogP contribution >= 0.6 is 0 Å². The summed E-state index contributed by atoms with van der Waals surface area (Å²) >= 11 is 0. The molecule has 0 aliphatic rings. The SMILES string of the molecule is CCC(C)NC(N)=NCc1c(C)c2ccccc2n1C. The zero-order chi connectivity index (χ0) is 14.7. The fourth-order valence-corrected chi connectivity index (χ4v) is 2.42. The van der Waals surface area contributed by atoms with Gasteiger partial charge in [-0.1, -0.05) is 25.1 Å². The Hall–Kier alpha value is -1.97. The van der Waals surface area contributed by atoms with Gasteiger partial charge in [0.2, 0.25) is 0 Å². The number of aryl methyl sites for hydroxylation is 2. The predicted molar refractivity (Wildman–Crippen MR) is 85.9 cm³/mol. The highest BCUT2D eigenvalue weighted by Crippen LogP contribution is 2.24. The Morgan fingerprint density at radius 1 is 1.40 bits per heavy atom. The van der Waals surface area contributed by atoms with Gasteiger partial charge in [-0.05, 0) is 31.9 Å². The van der Waals surface area contributed by atoms with E-state index in [0.717, 1.165) is 6.42 Å². The minimum absolute atomic E-state index is 0.354. The van der Waals surface area contributed by atoms with Crippen LogP contribution in [0.1, 0.15) is 31.5 Å². The van der Waals surface area contributed by atoms with Crippen LogP contribution in [0.4, 0.5) is 0 Å². The molecule has 4 heteroatoms. The first kappa shape index (κ1) is 14.4. The lowest BCUT2D eigenvalue weighted by Crippen LogP contribution is -2.38. The van der Waals surface area contributed by atoms with Crippen LogP contribution in [-0.4, -0.2) is 16.6 Å². The first-order valence-electron chi connectivity index (χ1n) is 7.14. The second-order valence-corrected chi connectivity index (χ2v) is 5.30. The topological polar surface area (TPSA) is 55.3 Å². The van der Waals surface area contributed by atoms with Gasteiger partial charge < -0.3 is 15.6 Å². The average Bonchev–Trinajstić information content (AvgIpc) is 2.69. The average molecular weight is 272 g/mol. The molecule has 0 saturated carbocycles. The van der Waals surface area contributed by atoms with Crippen molar-refractivity contribution in [3.8, 4) is 0 Å². The highest BCUT2D eigenvalue weighted by molar-refractivity contribution is 5.85. The van der Waals surface area contributed by atoms with E-state index in [1.165, 1.54) is 22.2 Å². The summed E-state index contributed by atoms with van der Waals surface area (Å²) in [5.74, 6) is 0.518. The maximum Gasteiger partial charge on any atom is 0.189 e. The number of hydrogen-bond acceptors (Lipinski definition) is 1. The molecule has 1 heterocycles. The van der Waals surface area contributed by atoms with Crippen LogP contribution < -0.4 is 11.1 Å². The van der Waals surface area contributed by atoms with Crippen molar-refractivity contribution in [2.45, 2.75) is 39.8 Å². The van der Waals surface area contributed by atoms with Crippen molar-refractivity contribution in [1.82, 2.24) is 9.88 Å². The van der Waals surface area contributed by atoms with Gasteiger partial charge in [-0.15, -0.1) is 0 Å². The number of nitrogens with two attached hydrogens (primary N) is 1. The Morgan fingerprint density at radius 3 is 2.75 bits per heavy atom. The quantitative estimate of drug-likeness (QED) is 0.664. The van der Waals surface area contributed by atoms with Crippen LogP contribution in [0.25, 0.3) is 10.9 Å². The standard InChI is InChI=1S/C16H24N4/c1-5-11(2)19-16(17)18-10-15-12(3)13-8-6-7-9-14(13)20(15)4/h6-9,11H,5,10H2,1-4H3,(H3,17,18,19). The number of nitrogens with one attached hydrogen (secondary N) is 1. The molecule has 0 amide bonds. The second kappa shape index (κ2) is 5.99. The molecule has 2 rings (SSSR count). The highest BCUT2D eigenvalue weighted by Gasteiger charge is 2.10. The van der Waals surface area contributed by atoms with E-state index in [-0.39, 0.29) is 0 Å². The van der Waals surface area contributed by atoms with E-state index < -0.39 is 0 Å². The van der Waals surface area contributed by atoms with Crippen LogP contribution in [0, 0.1) is 6.92 Å². The molecule has 20 heavy (non-hydrogen) atoms. The molecule has 108 valence electrons. The summed E-state index contributed by atoms with van der Waals surface area (Å²) in [6, 6.07) is 8.77. The van der Waals surface area contributed by atoms with Crippen molar-refractivity contribution >= 4 is 16.9 Å². The normalized spacial score (nSPS) is 13.7. The number of nitrogens with zero attached hydrogens (tertiary/aromatic N) is 2. The number of benzene rings is 1. The minimum atomic E-state index is 0.354. The summed E-state index contributed by atoms with van der Waals surface area (Å²) in [6.07, 6.45) is 1.03. The molecule has 0 spiro atoms. The summed E-state index contributed by atoms with van der Waals surface area (Å²) in [6.45, 7) is 6.97. The number of para-hydroxylation sites is 1. The number of aliphatic imine (C=N–C) groups is 1. The molecule has 3 N–H and O–H groups in total. The van der Waals surface area contributed by atoms with E-state index in [0.29, 0.717) is 18.5 Å². The second-order valence-electron chi connectivity index (χ2n) is 5.30. The van der Waals surface area contributed by atoms with Gasteiger partial charge in [0.25, 0.3) is 0 Å². The van der Waals surface area contributed by atoms with Crippen LogP contribution in [0.5, 0.6) is 0 Å². The molecule has 2 aromatic rings. The van der Waals surface area contributed by atoms with E-state index in [9.17, 15) is 0 Å². The third-order valence-electron chi connectivity index (χ3n) is 3.91. The summed E-state index contributed by atoms with van der Waals surface area (Å²) in [4.78, 5) is 4.46. The third-order valence-corrected chi connectivity index (χ3v) is 3.91. The lowest BCUT2D eigenvalue weighted by atomic mass is 10.1. The van der Waals surface area contributed by atoms with E-state index in [1.54, 1.807) is 0 Å². The first-order chi connectivity index (χ1) is 9.54. The summed E-state index contributed by atoms with van der Waals surface area (Å²) in [7, 11) is 2.08. The van der Waals surface area contributed by atoms with Crippen molar-refractivity contribution < 1.29 is 0 Å². The Labute approximate surface area is 120 Å². The molecule has 0 fully saturated rings. The van der Waals surface area contributed by atoms with Gasteiger partial charge in [-0.25, -0.2) is 4.99 Å². The predicted octanol–water partition coefficient (Wildman–Crippen LogP) is 2.69. The van der Waals surface area contributed by atoms with E-state index in [2.05, 4.69) is 67.0 Å². The van der Waals surface area contributed by atoms with Crippen molar-refractivity contribution in [1.29, 1.82) is 0 Å². The molecule has 0 saturated heterocycles. The van der Waals surface area contributed by atoms with Crippen molar-refractivity contribution in [3.63, 3.8) is 0 Å². The number of fused-ring (bicyclic) bond motifs is 1. The van der Waals surface area contributed by atoms with Gasteiger partial charge in [0.15, 0.2) is 5.96 Å². The maximum absolute atomic E-state index is 5.92. The maximum atomic E-state index is 5.92. The Kier molecular flexibility index (Phi) is 4.32. The molecule has 4 nitrogen and oxygen atoms in total. The van der Waals surface area contributed by atoms with Crippen molar-refractivity contribution in [2.24, 2.45) is 17.8 Å². The fourth-order valence-electron chi connectivity index (χ4n) is 2.42. The monoisotopic (exact) mass is 272 g/mol. The molecule has 1 aromatic heterocycles. The lowest BCUT2D eigenvalue weighted by molar-refractivity contribution is 0.636. The lowest BCUT2D eigenvalue weighted by Gasteiger charge is -2.12. The Bertz CT molecular complexity index is 586. The molecule has 1 atom stereocenters. The molecule has 1 aromatic carbocycles. The zero-order valence-corrected chi connectivity index (χ0v) is 12.8. The van der Waals surface area contributed by atoms with Gasteiger partial charge in [-0.2, -0.15) is 0 Å². The van der Waals surface area contributed by atoms with Crippen LogP contribution in [0.2, 0.25) is 0 Å². The van der Waals surface area contributed by atoms with Crippen molar-refractivity contribution in [2.75, 3.05) is 0 Å². The smallest absolute Gasteiger partial charge is 0.189 e. The molecule has 1 unspecified atom stereocenters. The number of aromatic nitrogens is 1. The van der Waals surface area contributed by atoms with Gasteiger partial charge >= 0.3 is 0 Å². The van der Waals surface area contributed by atoms with E-state index in [4.69, 9.17) is 5.73 Å². The molecule has 0 aliphatic heterocycles. The Morgan fingerprint density at radius 2 is 2.10 bits per heavy atom. The molecule has 0 radical (unpaired) electrons. The highest BCUT2D eigenvalue weighted by atomic mass is 15.1. The van der Waals surface area contributed by atoms with Gasteiger partial charge in [0, 0.05) is 29.7 Å². The minimum Gasteiger partial charge on any atom is -0.370 e. The van der Waals surface area contributed by atoms with Crippen LogP contribution in [0.15, 0.2) is 29.3 Å². The number of guanidine groups is 1. The first-order valence-corrected chi connectivity index (χ1v) is 7.14. The number of hydrogen-bond donors (Lipinski definition) is 2. The fraction of sp³-hybridized carbons (Fsp3) is 0.438. The number of rotatable bonds is 4. The zero-order valence-electron chi connectivity index (χ0n) is 12.8. The van der Waals surface area contributed by atoms with Crippen LogP contribution in [-0.2, 0) is 13.6 Å². The van der Waals surface area contributed by atoms with Gasteiger partial charge in [0.1, 0.15) is 0 Å². The Balaban J connectivity index is 2.24. The summed E-state index contributed by atoms with van der Waals surface area (Å²) < 4.78 is 2.20. The van der Waals surface area contributed by atoms with E-state index in [1.807, 2.05) is 0 Å². The van der Waals surface area contributed by atoms with Gasteiger partial charge in [0.05, 0.1) is 6.54 Å². The molecule has 0 aliphatic carbocycles. The summed E-state index contributed by atoms with van der Waals surface area (Å²) in [5.41, 5.74) is 9.65. The van der Waals surface area contributed by atoms with Crippen molar-refractivity contribution in [3.05, 3.63) is 35.5 Å². The molecular formula is C16H24N4. The van der Waals surface area contributed by atoms with Crippen LogP contribution in [0.3, 0.4) is 0 Å². The molecular weight excluding hydrogens is 248 g/mol. The largest absolute Gasteiger partial charge is 0.370 e. The van der Waals surface area contributed by atoms with Gasteiger partial charge in [-0.3, -0.25) is 0 Å². The van der Waals surface area contributed by atoms with E-state index >= 15 is 0 Å².